The van der Waals surface area contributed by atoms with Gasteiger partial charge in [-0.05, 0) is 30.8 Å². The number of hydrogen-bond donors (Lipinski definition) is 1. The summed E-state index contributed by atoms with van der Waals surface area (Å²) in [6.45, 7) is 1.94. The summed E-state index contributed by atoms with van der Waals surface area (Å²) < 4.78 is 5.14. The summed E-state index contributed by atoms with van der Waals surface area (Å²) in [5.74, 6) is 4.76. The highest BCUT2D eigenvalue weighted by molar-refractivity contribution is 7.99. The molecule has 0 aromatic carbocycles. The Balaban J connectivity index is 1.88. The molecule has 2 atom stereocenters. The molecule has 1 aliphatic rings. The molecule has 84 valence electrons. The van der Waals surface area contributed by atoms with Crippen LogP contribution >= 0.6 is 11.8 Å². The molecule has 1 saturated heterocycles. The van der Waals surface area contributed by atoms with Gasteiger partial charge >= 0.3 is 0 Å². The van der Waals surface area contributed by atoms with Gasteiger partial charge in [0.1, 0.15) is 0 Å². The summed E-state index contributed by atoms with van der Waals surface area (Å²) in [6.07, 6.45) is 2.91. The molecule has 2 N–H and O–H groups in total. The lowest BCUT2D eigenvalue weighted by atomic mass is 10.1. The Morgan fingerprint density at radius 2 is 2.53 bits per heavy atom. The monoisotopic (exact) mass is 227 g/mol. The quantitative estimate of drug-likeness (QED) is 0.838. The van der Waals surface area contributed by atoms with Gasteiger partial charge in [-0.2, -0.15) is 16.7 Å². The van der Waals surface area contributed by atoms with E-state index in [2.05, 4.69) is 10.1 Å². The first-order valence-electron chi connectivity index (χ1n) is 5.39. The van der Waals surface area contributed by atoms with E-state index in [1.54, 1.807) is 0 Å². The molecule has 15 heavy (non-hydrogen) atoms. The highest BCUT2D eigenvalue weighted by Crippen LogP contribution is 2.25. The van der Waals surface area contributed by atoms with Crippen LogP contribution in [0.15, 0.2) is 4.52 Å². The van der Waals surface area contributed by atoms with Gasteiger partial charge < -0.3 is 10.3 Å². The van der Waals surface area contributed by atoms with Crippen LogP contribution in [0.25, 0.3) is 0 Å². The van der Waals surface area contributed by atoms with Crippen LogP contribution in [0.2, 0.25) is 0 Å². The molecule has 5 heteroatoms. The van der Waals surface area contributed by atoms with E-state index >= 15 is 0 Å². The molecule has 0 bridgehead atoms. The molecule has 2 unspecified atom stereocenters. The highest BCUT2D eigenvalue weighted by atomic mass is 32.2. The van der Waals surface area contributed by atoms with Gasteiger partial charge in [0.15, 0.2) is 5.82 Å². The van der Waals surface area contributed by atoms with Crippen LogP contribution in [0, 0.1) is 5.92 Å². The third-order valence-electron chi connectivity index (χ3n) is 2.50. The number of thioether (sulfide) groups is 1. The van der Waals surface area contributed by atoms with Crippen molar-refractivity contribution in [3.63, 3.8) is 0 Å². The first-order chi connectivity index (χ1) is 7.24. The average molecular weight is 227 g/mol. The molecule has 0 spiro atoms. The summed E-state index contributed by atoms with van der Waals surface area (Å²) >= 11 is 2.01. The Labute approximate surface area is 94.0 Å². The summed E-state index contributed by atoms with van der Waals surface area (Å²) in [5.41, 5.74) is 5.67. The van der Waals surface area contributed by atoms with E-state index < -0.39 is 0 Å². The van der Waals surface area contributed by atoms with E-state index in [4.69, 9.17) is 10.3 Å². The van der Waals surface area contributed by atoms with Crippen molar-refractivity contribution in [1.82, 2.24) is 10.1 Å². The number of aromatic nitrogens is 2. The lowest BCUT2D eigenvalue weighted by molar-refractivity contribution is 0.364. The van der Waals surface area contributed by atoms with Gasteiger partial charge in [-0.25, -0.2) is 0 Å². The minimum atomic E-state index is 0.0836. The van der Waals surface area contributed by atoms with E-state index in [0.717, 1.165) is 18.2 Å². The molecule has 4 nitrogen and oxygen atoms in total. The van der Waals surface area contributed by atoms with Crippen molar-refractivity contribution in [3.05, 3.63) is 11.7 Å². The molecule has 0 aliphatic carbocycles. The fourth-order valence-corrected chi connectivity index (χ4v) is 3.02. The maximum absolute atomic E-state index is 5.67. The number of nitrogens with zero attached hydrogens (tertiary/aromatic N) is 2. The second-order valence-electron chi connectivity index (χ2n) is 4.22. The Bertz CT molecular complexity index is 307. The molecule has 0 saturated carbocycles. The standard InChI is InChI=1S/C10H17N3OS/c1-7(11)4-10-12-9(13-14-10)5-8-2-3-15-6-8/h7-8H,2-6,11H2,1H3. The first kappa shape index (κ1) is 11.0. The Kier molecular flexibility index (Phi) is 3.64. The topological polar surface area (TPSA) is 64.9 Å². The van der Waals surface area contributed by atoms with Gasteiger partial charge in [0.05, 0.1) is 0 Å². The second kappa shape index (κ2) is 4.99. The van der Waals surface area contributed by atoms with Gasteiger partial charge in [-0.3, -0.25) is 0 Å². The summed E-state index contributed by atoms with van der Waals surface area (Å²) in [7, 11) is 0. The Morgan fingerprint density at radius 1 is 1.67 bits per heavy atom. The zero-order chi connectivity index (χ0) is 10.7. The van der Waals surface area contributed by atoms with Crippen LogP contribution in [0.1, 0.15) is 25.1 Å². The highest BCUT2D eigenvalue weighted by Gasteiger charge is 2.18. The van der Waals surface area contributed by atoms with Gasteiger partial charge in [-0.15, -0.1) is 0 Å². The van der Waals surface area contributed by atoms with Crippen molar-refractivity contribution in [3.8, 4) is 0 Å². The summed E-state index contributed by atoms with van der Waals surface area (Å²) in [5, 5.41) is 3.98. The van der Waals surface area contributed by atoms with E-state index in [9.17, 15) is 0 Å². The predicted molar refractivity (Wildman–Crippen MR) is 60.8 cm³/mol. The zero-order valence-corrected chi connectivity index (χ0v) is 9.80. The van der Waals surface area contributed by atoms with Crippen molar-refractivity contribution in [2.24, 2.45) is 11.7 Å². The van der Waals surface area contributed by atoms with Gasteiger partial charge in [0.2, 0.25) is 5.89 Å². The van der Waals surface area contributed by atoms with Crippen LogP contribution in [-0.2, 0) is 12.8 Å². The van der Waals surface area contributed by atoms with Gasteiger partial charge in [0.25, 0.3) is 0 Å². The van der Waals surface area contributed by atoms with Crippen LogP contribution in [0.5, 0.6) is 0 Å². The lowest BCUT2D eigenvalue weighted by Gasteiger charge is -2.02. The molecular weight excluding hydrogens is 210 g/mol. The van der Waals surface area contributed by atoms with Crippen molar-refractivity contribution < 1.29 is 4.52 Å². The zero-order valence-electron chi connectivity index (χ0n) is 8.98. The third-order valence-corrected chi connectivity index (χ3v) is 3.73. The van der Waals surface area contributed by atoms with Crippen LogP contribution in [-0.4, -0.2) is 27.7 Å². The largest absolute Gasteiger partial charge is 0.339 e. The van der Waals surface area contributed by atoms with Crippen molar-refractivity contribution >= 4 is 11.8 Å². The van der Waals surface area contributed by atoms with E-state index in [-0.39, 0.29) is 6.04 Å². The molecular formula is C10H17N3OS. The molecule has 0 radical (unpaired) electrons. The van der Waals surface area contributed by atoms with Crippen LogP contribution in [0.4, 0.5) is 0 Å². The average Bonchev–Trinajstić information content (AvgIpc) is 2.77. The fraction of sp³-hybridized carbons (Fsp3) is 0.800. The van der Waals surface area contributed by atoms with Crippen molar-refractivity contribution in [2.75, 3.05) is 11.5 Å². The minimum Gasteiger partial charge on any atom is -0.339 e. The fourth-order valence-electron chi connectivity index (χ4n) is 1.73. The molecule has 1 aromatic rings. The predicted octanol–water partition coefficient (Wildman–Crippen LogP) is 1.25. The van der Waals surface area contributed by atoms with Crippen LogP contribution in [0.3, 0.4) is 0 Å². The van der Waals surface area contributed by atoms with E-state index in [1.807, 2.05) is 18.7 Å². The molecule has 2 heterocycles. The van der Waals surface area contributed by atoms with Crippen molar-refractivity contribution in [2.45, 2.75) is 32.2 Å². The third kappa shape index (κ3) is 3.21. The van der Waals surface area contributed by atoms with Gasteiger partial charge in [0, 0.05) is 18.9 Å². The van der Waals surface area contributed by atoms with E-state index in [0.29, 0.717) is 12.3 Å². The minimum absolute atomic E-state index is 0.0836. The summed E-state index contributed by atoms with van der Waals surface area (Å²) in [4.78, 5) is 4.35. The molecule has 1 aromatic heterocycles. The normalized spacial score (nSPS) is 23.2. The number of hydrogen-bond acceptors (Lipinski definition) is 5. The molecule has 0 amide bonds. The summed E-state index contributed by atoms with van der Waals surface area (Å²) in [6, 6.07) is 0.0836. The van der Waals surface area contributed by atoms with E-state index in [1.165, 1.54) is 17.9 Å². The second-order valence-corrected chi connectivity index (χ2v) is 5.37. The van der Waals surface area contributed by atoms with Gasteiger partial charge in [-0.1, -0.05) is 5.16 Å². The SMILES string of the molecule is CC(N)Cc1nc(CC2CCSC2)no1. The number of rotatable bonds is 4. The smallest absolute Gasteiger partial charge is 0.228 e. The Morgan fingerprint density at radius 3 is 3.20 bits per heavy atom. The maximum atomic E-state index is 5.67. The lowest BCUT2D eigenvalue weighted by Crippen LogP contribution is -2.18. The molecule has 1 aliphatic heterocycles. The van der Waals surface area contributed by atoms with Crippen LogP contribution < -0.4 is 5.73 Å². The molecule has 1 fully saturated rings. The first-order valence-corrected chi connectivity index (χ1v) is 6.54. The Hall–Kier alpha value is -0.550. The molecule has 2 rings (SSSR count). The van der Waals surface area contributed by atoms with Crippen molar-refractivity contribution in [1.29, 1.82) is 0 Å². The maximum Gasteiger partial charge on any atom is 0.228 e. The number of nitrogens with two attached hydrogens (primary N) is 1.